The second-order valence-corrected chi connectivity index (χ2v) is 5.13. The molecule has 4 nitrogen and oxygen atoms in total. The van der Waals surface area contributed by atoms with Crippen LogP contribution < -0.4 is 5.32 Å². The molecule has 118 valence electrons. The number of imidazole rings is 1. The van der Waals surface area contributed by atoms with Crippen LogP contribution in [-0.4, -0.2) is 15.5 Å². The van der Waals surface area contributed by atoms with Crippen LogP contribution in [0.25, 0.3) is 11.0 Å². The maximum atomic E-state index is 13.5. The molecule has 0 spiro atoms. The average Bonchev–Trinajstić information content (AvgIpc) is 2.89. The Morgan fingerprint density at radius 1 is 1.17 bits per heavy atom. The van der Waals surface area contributed by atoms with Crippen LogP contribution in [0, 0.1) is 17.5 Å². The third-order valence-electron chi connectivity index (χ3n) is 3.46. The molecule has 0 atom stereocenters. The van der Waals surface area contributed by atoms with Gasteiger partial charge in [0, 0.05) is 7.05 Å². The van der Waals surface area contributed by atoms with Crippen molar-refractivity contribution in [3.05, 3.63) is 59.7 Å². The zero-order valence-electron chi connectivity index (χ0n) is 12.1. The van der Waals surface area contributed by atoms with E-state index in [1.165, 1.54) is 0 Å². The third kappa shape index (κ3) is 2.90. The molecule has 7 heteroatoms. The van der Waals surface area contributed by atoms with Gasteiger partial charge in [0.05, 0.1) is 29.5 Å². The quantitative estimate of drug-likeness (QED) is 0.754. The predicted molar refractivity (Wildman–Crippen MR) is 79.4 cm³/mol. The number of rotatable bonds is 3. The van der Waals surface area contributed by atoms with Gasteiger partial charge in [0.15, 0.2) is 17.5 Å². The lowest BCUT2D eigenvalue weighted by molar-refractivity contribution is -0.115. The molecule has 0 aliphatic rings. The topological polar surface area (TPSA) is 46.9 Å². The number of hydrogen-bond donors (Lipinski definition) is 1. The number of aryl methyl sites for hydroxylation is 1. The standard InChI is InChI=1S/C16H12F3N3O/c1-22-8-20-12-6-9(2-5-13(12)22)7-14(23)21-11-4-3-10(17)15(18)16(11)19/h2-6,8H,7H2,1H3,(H,21,23). The Kier molecular flexibility index (Phi) is 3.77. The second kappa shape index (κ2) is 5.75. The number of hydrogen-bond acceptors (Lipinski definition) is 2. The molecule has 0 saturated heterocycles. The van der Waals surface area contributed by atoms with Crippen molar-refractivity contribution in [2.24, 2.45) is 7.05 Å². The molecule has 1 aromatic heterocycles. The fourth-order valence-corrected chi connectivity index (χ4v) is 2.29. The van der Waals surface area contributed by atoms with E-state index in [1.807, 2.05) is 17.7 Å². The minimum atomic E-state index is -1.61. The monoisotopic (exact) mass is 319 g/mol. The van der Waals surface area contributed by atoms with Crippen molar-refractivity contribution in [3.63, 3.8) is 0 Å². The van der Waals surface area contributed by atoms with Crippen molar-refractivity contribution in [1.82, 2.24) is 9.55 Å². The van der Waals surface area contributed by atoms with Crippen LogP contribution >= 0.6 is 0 Å². The number of fused-ring (bicyclic) bond motifs is 1. The molecule has 0 aliphatic carbocycles. The second-order valence-electron chi connectivity index (χ2n) is 5.13. The molecular weight excluding hydrogens is 307 g/mol. The minimum Gasteiger partial charge on any atom is -0.334 e. The van der Waals surface area contributed by atoms with Gasteiger partial charge in [-0.3, -0.25) is 4.79 Å². The summed E-state index contributed by atoms with van der Waals surface area (Å²) in [6, 6.07) is 7.06. The average molecular weight is 319 g/mol. The molecule has 0 saturated carbocycles. The van der Waals surface area contributed by atoms with Crippen molar-refractivity contribution < 1.29 is 18.0 Å². The van der Waals surface area contributed by atoms with E-state index in [0.717, 1.165) is 23.2 Å². The summed E-state index contributed by atoms with van der Waals surface area (Å²) in [6.45, 7) is 0. The molecule has 1 amide bonds. The summed E-state index contributed by atoms with van der Waals surface area (Å²) in [5.41, 5.74) is 1.93. The first-order valence-corrected chi connectivity index (χ1v) is 6.79. The van der Waals surface area contributed by atoms with Crippen molar-refractivity contribution in [2.45, 2.75) is 6.42 Å². The van der Waals surface area contributed by atoms with Crippen molar-refractivity contribution in [3.8, 4) is 0 Å². The zero-order chi connectivity index (χ0) is 16.6. The summed E-state index contributed by atoms with van der Waals surface area (Å²) >= 11 is 0. The first kappa shape index (κ1) is 15.1. The van der Waals surface area contributed by atoms with E-state index in [4.69, 9.17) is 0 Å². The lowest BCUT2D eigenvalue weighted by atomic mass is 10.1. The number of nitrogens with one attached hydrogen (secondary N) is 1. The van der Waals surface area contributed by atoms with Crippen LogP contribution in [0.3, 0.4) is 0 Å². The minimum absolute atomic E-state index is 0.0368. The molecule has 3 rings (SSSR count). The fourth-order valence-electron chi connectivity index (χ4n) is 2.29. The van der Waals surface area contributed by atoms with Gasteiger partial charge in [-0.1, -0.05) is 6.07 Å². The molecular formula is C16H12F3N3O. The number of benzene rings is 2. The van der Waals surface area contributed by atoms with Crippen LogP contribution in [0.2, 0.25) is 0 Å². The molecule has 0 radical (unpaired) electrons. The van der Waals surface area contributed by atoms with Crippen LogP contribution in [0.5, 0.6) is 0 Å². The Morgan fingerprint density at radius 2 is 1.96 bits per heavy atom. The SMILES string of the molecule is Cn1cnc2cc(CC(=O)Nc3ccc(F)c(F)c3F)ccc21. The van der Waals surface area contributed by atoms with Gasteiger partial charge in [0.25, 0.3) is 0 Å². The summed E-state index contributed by atoms with van der Waals surface area (Å²) in [6.07, 6.45) is 1.62. The lowest BCUT2D eigenvalue weighted by Gasteiger charge is -2.07. The summed E-state index contributed by atoms with van der Waals surface area (Å²) in [7, 11) is 1.85. The van der Waals surface area contributed by atoms with E-state index in [1.54, 1.807) is 18.5 Å². The van der Waals surface area contributed by atoms with Gasteiger partial charge in [-0.2, -0.15) is 0 Å². The maximum Gasteiger partial charge on any atom is 0.228 e. The van der Waals surface area contributed by atoms with Gasteiger partial charge >= 0.3 is 0 Å². The number of carbonyl (C=O) groups excluding carboxylic acids is 1. The number of nitrogens with zero attached hydrogens (tertiary/aromatic N) is 2. The van der Waals surface area contributed by atoms with Gasteiger partial charge in [0.1, 0.15) is 0 Å². The molecule has 1 heterocycles. The van der Waals surface area contributed by atoms with E-state index in [9.17, 15) is 18.0 Å². The first-order chi connectivity index (χ1) is 11.0. The largest absolute Gasteiger partial charge is 0.334 e. The van der Waals surface area contributed by atoms with Crippen LogP contribution in [0.1, 0.15) is 5.56 Å². The molecule has 23 heavy (non-hydrogen) atoms. The summed E-state index contributed by atoms with van der Waals surface area (Å²) in [4.78, 5) is 16.1. The molecule has 3 aromatic rings. The maximum absolute atomic E-state index is 13.5. The number of amides is 1. The molecule has 2 aromatic carbocycles. The smallest absolute Gasteiger partial charge is 0.228 e. The lowest BCUT2D eigenvalue weighted by Crippen LogP contribution is -2.16. The molecule has 0 aliphatic heterocycles. The number of carbonyl (C=O) groups is 1. The predicted octanol–water partition coefficient (Wildman–Crippen LogP) is 3.17. The third-order valence-corrected chi connectivity index (χ3v) is 3.46. The van der Waals surface area contributed by atoms with Gasteiger partial charge in [0.2, 0.25) is 5.91 Å². The summed E-state index contributed by atoms with van der Waals surface area (Å²) in [5.74, 6) is -4.87. The summed E-state index contributed by atoms with van der Waals surface area (Å²) in [5, 5.41) is 2.23. The van der Waals surface area contributed by atoms with Crippen LogP contribution in [-0.2, 0) is 18.3 Å². The first-order valence-electron chi connectivity index (χ1n) is 6.79. The van der Waals surface area contributed by atoms with Gasteiger partial charge in [-0.05, 0) is 29.8 Å². The summed E-state index contributed by atoms with van der Waals surface area (Å²) < 4.78 is 41.4. The van der Waals surface area contributed by atoms with Crippen molar-refractivity contribution in [2.75, 3.05) is 5.32 Å². The number of anilines is 1. The van der Waals surface area contributed by atoms with Crippen LogP contribution in [0.4, 0.5) is 18.9 Å². The van der Waals surface area contributed by atoms with Crippen molar-refractivity contribution >= 4 is 22.6 Å². The Morgan fingerprint density at radius 3 is 2.74 bits per heavy atom. The highest BCUT2D eigenvalue weighted by atomic mass is 19.2. The molecule has 0 bridgehead atoms. The highest BCUT2D eigenvalue weighted by molar-refractivity contribution is 5.93. The fraction of sp³-hybridized carbons (Fsp3) is 0.125. The molecule has 0 unspecified atom stereocenters. The molecule has 1 N–H and O–H groups in total. The van der Waals surface area contributed by atoms with Crippen molar-refractivity contribution in [1.29, 1.82) is 0 Å². The van der Waals surface area contributed by atoms with Gasteiger partial charge in [-0.15, -0.1) is 0 Å². The highest BCUT2D eigenvalue weighted by Gasteiger charge is 2.15. The van der Waals surface area contributed by atoms with E-state index in [-0.39, 0.29) is 6.42 Å². The normalized spacial score (nSPS) is 11.0. The Hall–Kier alpha value is -2.83. The molecule has 0 fully saturated rings. The highest BCUT2D eigenvalue weighted by Crippen LogP contribution is 2.20. The van der Waals surface area contributed by atoms with E-state index in [2.05, 4.69) is 10.3 Å². The van der Waals surface area contributed by atoms with E-state index < -0.39 is 29.0 Å². The van der Waals surface area contributed by atoms with E-state index >= 15 is 0 Å². The Labute approximate surface area is 129 Å². The Bertz CT molecular complexity index is 905. The van der Waals surface area contributed by atoms with Gasteiger partial charge < -0.3 is 9.88 Å². The zero-order valence-corrected chi connectivity index (χ0v) is 12.1. The number of halogens is 3. The van der Waals surface area contributed by atoms with Gasteiger partial charge in [-0.25, -0.2) is 18.2 Å². The Balaban J connectivity index is 1.77. The van der Waals surface area contributed by atoms with E-state index in [0.29, 0.717) is 5.56 Å². The van der Waals surface area contributed by atoms with Crippen LogP contribution in [0.15, 0.2) is 36.7 Å². The number of aromatic nitrogens is 2.